The van der Waals surface area contributed by atoms with Crippen LogP contribution in [0.1, 0.15) is 38.8 Å². The molecule has 1 aromatic rings. The minimum Gasteiger partial charge on any atom is -0.444 e. The second-order valence-corrected chi connectivity index (χ2v) is 8.38. The zero-order chi connectivity index (χ0) is 22.7. The lowest BCUT2D eigenvalue weighted by molar-refractivity contribution is 0.0169. The fourth-order valence-electron chi connectivity index (χ4n) is 3.27. The van der Waals surface area contributed by atoms with Crippen molar-refractivity contribution in [1.29, 1.82) is 0 Å². The minimum absolute atomic E-state index is 0. The van der Waals surface area contributed by atoms with Gasteiger partial charge in [0.2, 0.25) is 0 Å². The highest BCUT2D eigenvalue weighted by Crippen LogP contribution is 2.22. The second-order valence-electron chi connectivity index (χ2n) is 8.38. The van der Waals surface area contributed by atoms with Gasteiger partial charge in [-0.25, -0.2) is 9.18 Å². The van der Waals surface area contributed by atoms with Gasteiger partial charge >= 0.3 is 6.09 Å². The minimum atomic E-state index is -0.507. The van der Waals surface area contributed by atoms with Gasteiger partial charge in [-0.3, -0.25) is 9.89 Å². The Labute approximate surface area is 207 Å². The predicted octanol–water partition coefficient (Wildman–Crippen LogP) is 2.90. The maximum Gasteiger partial charge on any atom is 0.407 e. The van der Waals surface area contributed by atoms with Crippen molar-refractivity contribution in [3.8, 4) is 0 Å². The van der Waals surface area contributed by atoms with E-state index in [1.807, 2.05) is 26.8 Å². The van der Waals surface area contributed by atoms with Crippen LogP contribution in [-0.4, -0.2) is 75.5 Å². The molecule has 1 fully saturated rings. The monoisotopic (exact) mass is 565 g/mol. The summed E-state index contributed by atoms with van der Waals surface area (Å²) in [6, 6.07) is 6.73. The first-order valence-electron chi connectivity index (χ1n) is 10.8. The van der Waals surface area contributed by atoms with Crippen molar-refractivity contribution < 1.29 is 18.7 Å². The first-order valence-corrected chi connectivity index (χ1v) is 10.8. The summed E-state index contributed by atoms with van der Waals surface area (Å²) in [7, 11) is 1.71. The van der Waals surface area contributed by atoms with E-state index in [2.05, 4.69) is 25.8 Å². The number of morpholine rings is 1. The van der Waals surface area contributed by atoms with Crippen molar-refractivity contribution in [2.75, 3.05) is 53.0 Å². The zero-order valence-electron chi connectivity index (χ0n) is 19.4. The summed E-state index contributed by atoms with van der Waals surface area (Å²) in [4.78, 5) is 18.2. The number of nitrogens with one attached hydrogen (secondary N) is 3. The highest BCUT2D eigenvalue weighted by molar-refractivity contribution is 14.0. The summed E-state index contributed by atoms with van der Waals surface area (Å²) in [5, 5.41) is 9.31. The maximum absolute atomic E-state index is 13.8. The first-order chi connectivity index (χ1) is 14.8. The molecule has 32 heavy (non-hydrogen) atoms. The van der Waals surface area contributed by atoms with Gasteiger partial charge in [0.1, 0.15) is 11.4 Å². The van der Waals surface area contributed by atoms with Crippen LogP contribution in [0.2, 0.25) is 0 Å². The lowest BCUT2D eigenvalue weighted by atomic mass is 10.0. The van der Waals surface area contributed by atoms with Gasteiger partial charge in [0, 0.05) is 39.8 Å². The number of carbonyl (C=O) groups is 1. The Morgan fingerprint density at radius 2 is 1.91 bits per heavy atom. The van der Waals surface area contributed by atoms with Crippen LogP contribution in [0.15, 0.2) is 29.3 Å². The van der Waals surface area contributed by atoms with Gasteiger partial charge in [-0.05, 0) is 44.9 Å². The Morgan fingerprint density at radius 3 is 2.53 bits per heavy atom. The van der Waals surface area contributed by atoms with Crippen molar-refractivity contribution >= 4 is 36.0 Å². The van der Waals surface area contributed by atoms with Gasteiger partial charge in [0.05, 0.1) is 19.3 Å². The van der Waals surface area contributed by atoms with E-state index < -0.39 is 11.7 Å². The van der Waals surface area contributed by atoms with Gasteiger partial charge in [0.25, 0.3) is 0 Å². The summed E-state index contributed by atoms with van der Waals surface area (Å²) in [5.74, 6) is 0.419. The maximum atomic E-state index is 13.8. The Kier molecular flexibility index (Phi) is 12.8. The molecule has 0 radical (unpaired) electrons. The van der Waals surface area contributed by atoms with Crippen LogP contribution in [0.3, 0.4) is 0 Å². The van der Waals surface area contributed by atoms with Gasteiger partial charge < -0.3 is 25.4 Å². The van der Waals surface area contributed by atoms with E-state index in [1.165, 1.54) is 6.07 Å². The number of guanidine groups is 1. The summed E-state index contributed by atoms with van der Waals surface area (Å²) in [5.41, 5.74) is 0.416. The number of aliphatic imine (C=N–C) groups is 1. The van der Waals surface area contributed by atoms with E-state index in [0.717, 1.165) is 25.1 Å². The van der Waals surface area contributed by atoms with Gasteiger partial charge in [0.15, 0.2) is 5.96 Å². The molecule has 0 saturated carbocycles. The van der Waals surface area contributed by atoms with Crippen LogP contribution in [0.25, 0.3) is 0 Å². The van der Waals surface area contributed by atoms with Crippen LogP contribution in [0.5, 0.6) is 0 Å². The Balaban J connectivity index is 0.00000512. The number of hydrogen-bond acceptors (Lipinski definition) is 5. The van der Waals surface area contributed by atoms with Crippen molar-refractivity contribution in [3.63, 3.8) is 0 Å². The SMILES string of the molecule is CN=C(NCCCNC(=O)OC(C)(C)C)NCC(c1cccc(F)c1)N1CCOCC1.I. The zero-order valence-corrected chi connectivity index (χ0v) is 21.8. The highest BCUT2D eigenvalue weighted by atomic mass is 127. The normalized spacial score (nSPS) is 16.0. The van der Waals surface area contributed by atoms with E-state index in [0.29, 0.717) is 38.8 Å². The van der Waals surface area contributed by atoms with Gasteiger partial charge in [-0.2, -0.15) is 0 Å². The molecule has 1 heterocycles. The molecule has 0 spiro atoms. The van der Waals surface area contributed by atoms with Crippen molar-refractivity contribution in [3.05, 3.63) is 35.6 Å². The average molecular weight is 565 g/mol. The highest BCUT2D eigenvalue weighted by Gasteiger charge is 2.23. The number of rotatable bonds is 8. The first kappa shape index (κ1) is 28.4. The Bertz CT molecular complexity index is 724. The van der Waals surface area contributed by atoms with E-state index in [4.69, 9.17) is 9.47 Å². The van der Waals surface area contributed by atoms with E-state index in [9.17, 15) is 9.18 Å². The lowest BCUT2D eigenvalue weighted by Gasteiger charge is -2.35. The molecule has 10 heteroatoms. The molecule has 0 bridgehead atoms. The Hall–Kier alpha value is -1.66. The summed E-state index contributed by atoms with van der Waals surface area (Å²) in [6.45, 7) is 10.1. The van der Waals surface area contributed by atoms with Crippen molar-refractivity contribution in [2.24, 2.45) is 4.99 Å². The molecule has 1 saturated heterocycles. The number of benzene rings is 1. The third-order valence-electron chi connectivity index (χ3n) is 4.72. The molecule has 3 N–H and O–H groups in total. The fraction of sp³-hybridized carbons (Fsp3) is 0.636. The topological polar surface area (TPSA) is 87.2 Å². The molecule has 1 aliphatic rings. The van der Waals surface area contributed by atoms with Crippen LogP contribution >= 0.6 is 24.0 Å². The third kappa shape index (κ3) is 10.8. The molecule has 0 aliphatic carbocycles. The molecule has 182 valence electrons. The smallest absolute Gasteiger partial charge is 0.407 e. The fourth-order valence-corrected chi connectivity index (χ4v) is 3.27. The molecule has 1 amide bonds. The third-order valence-corrected chi connectivity index (χ3v) is 4.72. The lowest BCUT2D eigenvalue weighted by Crippen LogP contribution is -2.46. The summed E-state index contributed by atoms with van der Waals surface area (Å²) in [6.07, 6.45) is 0.301. The number of nitrogens with zero attached hydrogens (tertiary/aromatic N) is 2. The molecule has 1 aromatic carbocycles. The number of hydrogen-bond donors (Lipinski definition) is 3. The van der Waals surface area contributed by atoms with Crippen molar-refractivity contribution in [1.82, 2.24) is 20.9 Å². The standard InChI is InChI=1S/C22H36FN5O3.HI/c1-22(2,3)31-21(29)26-10-6-9-25-20(24-4)27-16-19(28-11-13-30-14-12-28)17-7-5-8-18(23)15-17;/h5,7-8,15,19H,6,9-14,16H2,1-4H3,(H,26,29)(H2,24,25,27);1H. The Morgan fingerprint density at radius 1 is 1.22 bits per heavy atom. The van der Waals surface area contributed by atoms with Gasteiger partial charge in [-0.15, -0.1) is 24.0 Å². The van der Waals surface area contributed by atoms with Crippen LogP contribution in [0.4, 0.5) is 9.18 Å². The average Bonchev–Trinajstić information content (AvgIpc) is 2.71. The van der Waals surface area contributed by atoms with E-state index in [-0.39, 0.29) is 35.8 Å². The molecule has 1 atom stereocenters. The molecule has 1 aliphatic heterocycles. The number of amides is 1. The largest absolute Gasteiger partial charge is 0.444 e. The van der Waals surface area contributed by atoms with E-state index >= 15 is 0 Å². The molecule has 1 unspecified atom stereocenters. The summed E-state index contributed by atoms with van der Waals surface area (Å²) < 4.78 is 24.5. The number of alkyl carbamates (subject to hydrolysis) is 1. The number of ether oxygens (including phenoxy) is 2. The molecular weight excluding hydrogens is 528 g/mol. The predicted molar refractivity (Wildman–Crippen MR) is 135 cm³/mol. The quantitative estimate of drug-likeness (QED) is 0.195. The number of halogens is 2. The second kappa shape index (κ2) is 14.5. The number of carbonyl (C=O) groups excluding carboxylic acids is 1. The summed E-state index contributed by atoms with van der Waals surface area (Å²) >= 11 is 0. The molecule has 8 nitrogen and oxygen atoms in total. The van der Waals surface area contributed by atoms with Crippen molar-refractivity contribution in [2.45, 2.75) is 38.8 Å². The van der Waals surface area contributed by atoms with Crippen LogP contribution in [-0.2, 0) is 9.47 Å². The molecular formula is C22H37FIN5O3. The van der Waals surface area contributed by atoms with Gasteiger partial charge in [-0.1, -0.05) is 12.1 Å². The van der Waals surface area contributed by atoms with E-state index in [1.54, 1.807) is 19.2 Å². The molecule has 0 aromatic heterocycles. The van der Waals surface area contributed by atoms with Crippen LogP contribution < -0.4 is 16.0 Å². The van der Waals surface area contributed by atoms with Crippen LogP contribution in [0, 0.1) is 5.82 Å². The molecule has 2 rings (SSSR count).